The Balaban J connectivity index is 1.66. The highest BCUT2D eigenvalue weighted by Crippen LogP contribution is 2.37. The monoisotopic (exact) mass is 251 g/mol. The van der Waals surface area contributed by atoms with E-state index in [9.17, 15) is 0 Å². The lowest BCUT2D eigenvalue weighted by molar-refractivity contribution is 0.147. The largest absolute Gasteiger partial charge is 0.304 e. The van der Waals surface area contributed by atoms with Crippen LogP contribution in [0, 0.1) is 23.7 Å². The first-order valence-corrected chi connectivity index (χ1v) is 8.41. The van der Waals surface area contributed by atoms with Gasteiger partial charge in [-0.05, 0) is 75.4 Å². The molecular weight excluding hydrogens is 218 g/mol. The molecule has 0 aromatic heterocycles. The van der Waals surface area contributed by atoms with Gasteiger partial charge in [0.25, 0.3) is 0 Å². The number of nitrogens with zero attached hydrogens (tertiary/aromatic N) is 1. The van der Waals surface area contributed by atoms with Crippen LogP contribution in [0.2, 0.25) is 0 Å². The van der Waals surface area contributed by atoms with E-state index in [1.54, 1.807) is 6.42 Å². The maximum atomic E-state index is 2.62. The number of rotatable bonds is 4. The molecule has 1 aliphatic heterocycles. The highest BCUT2D eigenvalue weighted by Gasteiger charge is 2.26. The van der Waals surface area contributed by atoms with Gasteiger partial charge in [0.1, 0.15) is 0 Å². The molecule has 2 fully saturated rings. The van der Waals surface area contributed by atoms with Gasteiger partial charge in [0.15, 0.2) is 0 Å². The van der Waals surface area contributed by atoms with Gasteiger partial charge in [-0.3, -0.25) is 0 Å². The van der Waals surface area contributed by atoms with Gasteiger partial charge in [-0.15, -0.1) is 0 Å². The fourth-order valence-corrected chi connectivity index (χ4v) is 4.10. The molecule has 1 saturated carbocycles. The van der Waals surface area contributed by atoms with E-state index in [1.165, 1.54) is 58.2 Å². The predicted molar refractivity (Wildman–Crippen MR) is 79.7 cm³/mol. The van der Waals surface area contributed by atoms with E-state index in [-0.39, 0.29) is 0 Å². The van der Waals surface area contributed by atoms with E-state index in [1.807, 2.05) is 0 Å². The standard InChI is InChI=1S/C17H33N/c1-4-18-11-9-16(10-12-18)13-15-5-7-17(8-6-15)14(2)3/h14-17H,4-13H2,1-3H3. The van der Waals surface area contributed by atoms with Crippen LogP contribution in [0.15, 0.2) is 0 Å². The molecule has 1 saturated heterocycles. The normalized spacial score (nSPS) is 32.0. The van der Waals surface area contributed by atoms with Crippen LogP contribution in [0.4, 0.5) is 0 Å². The molecule has 0 unspecified atom stereocenters. The van der Waals surface area contributed by atoms with Gasteiger partial charge < -0.3 is 4.90 Å². The average molecular weight is 251 g/mol. The lowest BCUT2D eigenvalue weighted by atomic mass is 9.73. The number of piperidine rings is 1. The lowest BCUT2D eigenvalue weighted by Gasteiger charge is -2.36. The molecule has 0 spiro atoms. The predicted octanol–water partition coefficient (Wildman–Crippen LogP) is 4.57. The molecule has 0 bridgehead atoms. The molecule has 0 radical (unpaired) electrons. The Morgan fingerprint density at radius 2 is 1.44 bits per heavy atom. The summed E-state index contributed by atoms with van der Waals surface area (Å²) in [6.07, 6.45) is 10.6. The molecule has 1 heteroatoms. The molecule has 0 N–H and O–H groups in total. The molecule has 106 valence electrons. The quantitative estimate of drug-likeness (QED) is 0.707. The molecule has 2 aliphatic rings. The Hall–Kier alpha value is -0.0400. The van der Waals surface area contributed by atoms with Crippen molar-refractivity contribution in [1.29, 1.82) is 0 Å². The highest BCUT2D eigenvalue weighted by atomic mass is 15.1. The summed E-state index contributed by atoms with van der Waals surface area (Å²) in [6, 6.07) is 0. The zero-order valence-corrected chi connectivity index (χ0v) is 12.8. The molecule has 0 aromatic carbocycles. The van der Waals surface area contributed by atoms with Crippen LogP contribution in [0.5, 0.6) is 0 Å². The van der Waals surface area contributed by atoms with Gasteiger partial charge >= 0.3 is 0 Å². The van der Waals surface area contributed by atoms with Gasteiger partial charge in [0, 0.05) is 0 Å². The third-order valence-electron chi connectivity index (χ3n) is 5.66. The van der Waals surface area contributed by atoms with Crippen LogP contribution < -0.4 is 0 Å². The topological polar surface area (TPSA) is 3.24 Å². The molecule has 0 aromatic rings. The fourth-order valence-electron chi connectivity index (χ4n) is 4.10. The molecule has 1 heterocycles. The third kappa shape index (κ3) is 3.98. The van der Waals surface area contributed by atoms with Crippen LogP contribution in [0.25, 0.3) is 0 Å². The summed E-state index contributed by atoms with van der Waals surface area (Å²) >= 11 is 0. The van der Waals surface area contributed by atoms with Crippen molar-refractivity contribution in [1.82, 2.24) is 4.90 Å². The summed E-state index contributed by atoms with van der Waals surface area (Å²) in [5.74, 6) is 4.06. The van der Waals surface area contributed by atoms with E-state index in [4.69, 9.17) is 0 Å². The van der Waals surface area contributed by atoms with Crippen molar-refractivity contribution in [3.63, 3.8) is 0 Å². The number of hydrogen-bond donors (Lipinski definition) is 0. The van der Waals surface area contributed by atoms with Crippen molar-refractivity contribution >= 4 is 0 Å². The highest BCUT2D eigenvalue weighted by molar-refractivity contribution is 4.79. The van der Waals surface area contributed by atoms with Crippen molar-refractivity contribution < 1.29 is 0 Å². The Bertz CT molecular complexity index is 220. The molecular formula is C17H33N. The van der Waals surface area contributed by atoms with Gasteiger partial charge in [0.2, 0.25) is 0 Å². The molecule has 1 nitrogen and oxygen atoms in total. The fraction of sp³-hybridized carbons (Fsp3) is 1.00. The first kappa shape index (κ1) is 14.4. The minimum absolute atomic E-state index is 0.916. The minimum Gasteiger partial charge on any atom is -0.304 e. The Morgan fingerprint density at radius 1 is 0.889 bits per heavy atom. The van der Waals surface area contributed by atoms with E-state index < -0.39 is 0 Å². The van der Waals surface area contributed by atoms with Crippen molar-refractivity contribution in [2.75, 3.05) is 19.6 Å². The first-order chi connectivity index (χ1) is 8.69. The zero-order chi connectivity index (χ0) is 13.0. The number of likely N-dealkylation sites (tertiary alicyclic amines) is 1. The molecule has 0 atom stereocenters. The molecule has 1 aliphatic carbocycles. The Kier molecular flexibility index (Phi) is 5.54. The van der Waals surface area contributed by atoms with Crippen molar-refractivity contribution in [2.45, 2.75) is 65.7 Å². The summed E-state index contributed by atoms with van der Waals surface area (Å²) in [4.78, 5) is 2.62. The van der Waals surface area contributed by atoms with E-state index in [2.05, 4.69) is 25.7 Å². The maximum absolute atomic E-state index is 2.62. The van der Waals surface area contributed by atoms with E-state index in [0.29, 0.717) is 0 Å². The van der Waals surface area contributed by atoms with E-state index in [0.717, 1.165) is 23.7 Å². The second kappa shape index (κ2) is 6.93. The van der Waals surface area contributed by atoms with Gasteiger partial charge in [-0.1, -0.05) is 33.6 Å². The first-order valence-electron chi connectivity index (χ1n) is 8.41. The van der Waals surface area contributed by atoms with Crippen LogP contribution in [-0.2, 0) is 0 Å². The van der Waals surface area contributed by atoms with Crippen LogP contribution in [0.3, 0.4) is 0 Å². The van der Waals surface area contributed by atoms with E-state index >= 15 is 0 Å². The van der Waals surface area contributed by atoms with Crippen LogP contribution >= 0.6 is 0 Å². The Morgan fingerprint density at radius 3 is 1.94 bits per heavy atom. The maximum Gasteiger partial charge on any atom is -0.00162 e. The van der Waals surface area contributed by atoms with Gasteiger partial charge in [0.05, 0.1) is 0 Å². The third-order valence-corrected chi connectivity index (χ3v) is 5.66. The van der Waals surface area contributed by atoms with Gasteiger partial charge in [-0.2, -0.15) is 0 Å². The molecule has 2 rings (SSSR count). The molecule has 0 amide bonds. The van der Waals surface area contributed by atoms with Crippen LogP contribution in [-0.4, -0.2) is 24.5 Å². The summed E-state index contributed by atoms with van der Waals surface area (Å²) in [6.45, 7) is 11.1. The smallest absolute Gasteiger partial charge is 0.00162 e. The van der Waals surface area contributed by atoms with Crippen molar-refractivity contribution in [2.24, 2.45) is 23.7 Å². The van der Waals surface area contributed by atoms with Crippen molar-refractivity contribution in [3.05, 3.63) is 0 Å². The second-order valence-corrected chi connectivity index (χ2v) is 7.14. The van der Waals surface area contributed by atoms with Gasteiger partial charge in [-0.25, -0.2) is 0 Å². The second-order valence-electron chi connectivity index (χ2n) is 7.14. The summed E-state index contributed by atoms with van der Waals surface area (Å²) in [5, 5.41) is 0. The minimum atomic E-state index is 0.916. The average Bonchev–Trinajstić information content (AvgIpc) is 2.40. The van der Waals surface area contributed by atoms with Crippen molar-refractivity contribution in [3.8, 4) is 0 Å². The SMILES string of the molecule is CCN1CCC(CC2CCC(C(C)C)CC2)CC1. The molecule has 18 heavy (non-hydrogen) atoms. The summed E-state index contributed by atoms with van der Waals surface area (Å²) in [5.41, 5.74) is 0. The lowest BCUT2D eigenvalue weighted by Crippen LogP contribution is -2.34. The zero-order valence-electron chi connectivity index (χ0n) is 12.8. The Labute approximate surface area is 114 Å². The summed E-state index contributed by atoms with van der Waals surface area (Å²) < 4.78 is 0. The number of hydrogen-bond acceptors (Lipinski definition) is 1. The van der Waals surface area contributed by atoms with Crippen LogP contribution in [0.1, 0.15) is 65.7 Å². The summed E-state index contributed by atoms with van der Waals surface area (Å²) in [7, 11) is 0.